The van der Waals surface area contributed by atoms with Crippen LogP contribution in [0, 0.1) is 12.3 Å². The number of carbonyl (C=O) groups excluding carboxylic acids is 5. The number of rotatable bonds is 0. The van der Waals surface area contributed by atoms with Gasteiger partial charge in [-0.25, -0.2) is 0 Å². The summed E-state index contributed by atoms with van der Waals surface area (Å²) in [6.07, 6.45) is -2.16. The highest BCUT2D eigenvalue weighted by Gasteiger charge is 2.81. The van der Waals surface area contributed by atoms with Crippen molar-refractivity contribution in [1.29, 1.82) is 0 Å². The van der Waals surface area contributed by atoms with Crippen LogP contribution in [0.15, 0.2) is 29.4 Å². The number of phenolic OH excluding ortho intramolecular Hbond substituents is 3. The minimum atomic E-state index is -2.82. The van der Waals surface area contributed by atoms with E-state index in [1.807, 2.05) is 0 Å². The Labute approximate surface area is 224 Å². The molecule has 2 aromatic rings. The quantitative estimate of drug-likeness (QED) is 0.261. The zero-order valence-electron chi connectivity index (χ0n) is 20.9. The number of allylic oxidation sites excluding steroid dienone is 2. The van der Waals surface area contributed by atoms with Gasteiger partial charge >= 0.3 is 0 Å². The molecule has 5 aliphatic rings. The van der Waals surface area contributed by atoms with Gasteiger partial charge in [-0.15, -0.1) is 0 Å². The molecule has 5 atom stereocenters. The molecule has 1 unspecified atom stereocenters. The first-order chi connectivity index (χ1) is 18.7. The summed E-state index contributed by atoms with van der Waals surface area (Å²) in [6, 6.07) is 2.55. The number of fused-ring (bicyclic) bond motifs is 6. The van der Waals surface area contributed by atoms with Gasteiger partial charge in [-0.05, 0) is 37.6 Å². The average Bonchev–Trinajstić information content (AvgIpc) is 3.12. The van der Waals surface area contributed by atoms with Crippen LogP contribution >= 0.6 is 0 Å². The number of aliphatic hydroxyl groups excluding tert-OH is 2. The average molecular weight is 544 g/mol. The summed E-state index contributed by atoms with van der Waals surface area (Å²) >= 11 is 0. The maximum Gasteiger partial charge on any atom is 0.193 e. The molecule has 0 saturated heterocycles. The van der Waals surface area contributed by atoms with Crippen molar-refractivity contribution in [1.82, 2.24) is 0 Å². The SMILES string of the molecule is CC1=CC(=O)c2c(O)c3c(c(O)c2C1=O)C1C(=O)C[C@]24C(=O)c5cc(C)cc(O)c5C(O)=C2C(=O)[C@H]3[C@@H](O)[C@]14O. The van der Waals surface area contributed by atoms with Crippen molar-refractivity contribution in [2.24, 2.45) is 5.41 Å². The molecule has 2 saturated carbocycles. The minimum Gasteiger partial charge on any atom is -0.507 e. The number of carbonyl (C=O) groups is 5. The number of benzene rings is 2. The van der Waals surface area contributed by atoms with E-state index >= 15 is 0 Å². The van der Waals surface area contributed by atoms with E-state index in [4.69, 9.17) is 0 Å². The van der Waals surface area contributed by atoms with Crippen LogP contribution in [0.2, 0.25) is 0 Å². The molecule has 1 spiro atoms. The van der Waals surface area contributed by atoms with E-state index in [0.29, 0.717) is 5.56 Å². The summed E-state index contributed by atoms with van der Waals surface area (Å²) < 4.78 is 0. The first-order valence-electron chi connectivity index (χ1n) is 12.4. The highest BCUT2D eigenvalue weighted by atomic mass is 16.4. The van der Waals surface area contributed by atoms with Gasteiger partial charge < -0.3 is 30.6 Å². The summed E-state index contributed by atoms with van der Waals surface area (Å²) in [6.45, 7) is 2.85. The molecule has 0 aliphatic heterocycles. The Kier molecular flexibility index (Phi) is 4.23. The molecule has 0 radical (unpaired) electrons. The lowest BCUT2D eigenvalue weighted by molar-refractivity contribution is -0.167. The van der Waals surface area contributed by atoms with Crippen molar-refractivity contribution < 1.29 is 54.6 Å². The molecule has 2 fully saturated rings. The highest BCUT2D eigenvalue weighted by molar-refractivity contribution is 6.29. The van der Waals surface area contributed by atoms with Crippen LogP contribution in [0.4, 0.5) is 0 Å². The number of aliphatic hydroxyl groups is 3. The number of hydrogen-bond donors (Lipinski definition) is 6. The molecular formula is C29H20O11. The van der Waals surface area contributed by atoms with Gasteiger partial charge in [0.25, 0.3) is 0 Å². The number of Topliss-reactive ketones (excluding diaryl/α,β-unsaturated/α-hetero) is 4. The first kappa shape index (κ1) is 24.4. The molecule has 11 nitrogen and oxygen atoms in total. The molecule has 2 aromatic carbocycles. The zero-order chi connectivity index (χ0) is 29.0. The second kappa shape index (κ2) is 6.93. The molecule has 0 aromatic heterocycles. The maximum atomic E-state index is 14.2. The van der Waals surface area contributed by atoms with Crippen LogP contribution in [0.1, 0.15) is 78.5 Å². The molecule has 6 N–H and O–H groups in total. The molecule has 7 rings (SSSR count). The summed E-state index contributed by atoms with van der Waals surface area (Å²) in [5, 5.41) is 68.5. The molecule has 0 amide bonds. The fraction of sp³-hybridized carbons (Fsp3) is 0.276. The number of aryl methyl sites for hydroxylation is 1. The monoisotopic (exact) mass is 544 g/mol. The smallest absolute Gasteiger partial charge is 0.193 e. The third kappa shape index (κ3) is 2.23. The van der Waals surface area contributed by atoms with Gasteiger partial charge in [0.2, 0.25) is 0 Å². The van der Waals surface area contributed by atoms with Crippen LogP contribution < -0.4 is 0 Å². The van der Waals surface area contributed by atoms with Crippen LogP contribution in [0.5, 0.6) is 17.2 Å². The molecule has 202 valence electrons. The molecule has 5 aliphatic carbocycles. The van der Waals surface area contributed by atoms with Crippen molar-refractivity contribution >= 4 is 34.7 Å². The van der Waals surface area contributed by atoms with Crippen molar-refractivity contribution in [2.75, 3.05) is 0 Å². The summed E-state index contributed by atoms with van der Waals surface area (Å²) in [7, 11) is 0. The number of hydrogen-bond acceptors (Lipinski definition) is 11. The topological polar surface area (TPSA) is 207 Å². The highest BCUT2D eigenvalue weighted by Crippen LogP contribution is 2.71. The molecule has 11 heteroatoms. The Morgan fingerprint density at radius 1 is 0.875 bits per heavy atom. The standard InChI is InChI=1S/C29H20O11/c1-7-3-9-13(10(30)4-7)24(36)20-25(37)18-15-16(19-12(32)6-28(20,26(9)38)29(19,40)27(18)39)23(35)17-14(22(15)34)11(31)5-8(2)21(17)33/h3-5,18-19,27,30,34-36,39-40H,6H2,1-2H3/t18-,19?,27+,28+,29+/m0/s1. The van der Waals surface area contributed by atoms with Crippen LogP contribution in [-0.4, -0.2) is 71.3 Å². The second-order valence-electron chi connectivity index (χ2n) is 11.1. The van der Waals surface area contributed by atoms with Crippen LogP contribution in [0.3, 0.4) is 0 Å². The van der Waals surface area contributed by atoms with Crippen molar-refractivity contribution in [3.63, 3.8) is 0 Å². The van der Waals surface area contributed by atoms with E-state index in [9.17, 15) is 54.6 Å². The fourth-order valence-corrected chi connectivity index (χ4v) is 7.75. The second-order valence-corrected chi connectivity index (χ2v) is 11.1. The van der Waals surface area contributed by atoms with E-state index in [0.717, 1.165) is 6.08 Å². The zero-order valence-corrected chi connectivity index (χ0v) is 20.9. The summed E-state index contributed by atoms with van der Waals surface area (Å²) in [4.78, 5) is 68.0. The number of aromatic hydroxyl groups is 3. The van der Waals surface area contributed by atoms with Crippen LogP contribution in [-0.2, 0) is 9.59 Å². The van der Waals surface area contributed by atoms with E-state index in [2.05, 4.69) is 0 Å². The Hall–Kier alpha value is -4.61. The van der Waals surface area contributed by atoms with Gasteiger partial charge in [0.15, 0.2) is 23.1 Å². The molecule has 40 heavy (non-hydrogen) atoms. The largest absolute Gasteiger partial charge is 0.507 e. The maximum absolute atomic E-state index is 14.2. The third-order valence-corrected chi connectivity index (χ3v) is 9.28. The fourth-order valence-electron chi connectivity index (χ4n) is 7.75. The van der Waals surface area contributed by atoms with E-state index in [1.54, 1.807) is 6.92 Å². The normalized spacial score (nSPS) is 31.6. The molecule has 2 bridgehead atoms. The van der Waals surface area contributed by atoms with E-state index < -0.39 is 121 Å². The Morgan fingerprint density at radius 3 is 2.20 bits per heavy atom. The third-order valence-electron chi connectivity index (χ3n) is 9.28. The Balaban J connectivity index is 1.65. The summed E-state index contributed by atoms with van der Waals surface area (Å²) in [5.41, 5.74) is -8.78. The number of ketones is 5. The van der Waals surface area contributed by atoms with E-state index in [-0.39, 0.29) is 11.1 Å². The van der Waals surface area contributed by atoms with E-state index in [1.165, 1.54) is 19.1 Å². The predicted octanol–water partition coefficient (Wildman–Crippen LogP) is 1.42. The predicted molar refractivity (Wildman–Crippen MR) is 132 cm³/mol. The van der Waals surface area contributed by atoms with Gasteiger partial charge in [-0.1, -0.05) is 0 Å². The van der Waals surface area contributed by atoms with Crippen LogP contribution in [0.25, 0.3) is 5.76 Å². The lowest BCUT2D eigenvalue weighted by Gasteiger charge is -2.56. The van der Waals surface area contributed by atoms with Gasteiger partial charge in [-0.3, -0.25) is 24.0 Å². The van der Waals surface area contributed by atoms with Crippen molar-refractivity contribution in [2.45, 2.75) is 43.8 Å². The van der Waals surface area contributed by atoms with Gasteiger partial charge in [0, 0.05) is 28.7 Å². The lowest BCUT2D eigenvalue weighted by Crippen LogP contribution is -2.69. The van der Waals surface area contributed by atoms with Crippen molar-refractivity contribution in [3.05, 3.63) is 68.3 Å². The lowest BCUT2D eigenvalue weighted by atomic mass is 9.47. The summed E-state index contributed by atoms with van der Waals surface area (Å²) in [5.74, 6) is -12.0. The molecular weight excluding hydrogens is 524 g/mol. The Morgan fingerprint density at radius 2 is 1.52 bits per heavy atom. The van der Waals surface area contributed by atoms with Gasteiger partial charge in [0.05, 0.1) is 40.2 Å². The Bertz CT molecular complexity index is 1830. The number of phenols is 3. The van der Waals surface area contributed by atoms with Gasteiger partial charge in [0.1, 0.15) is 39.8 Å². The first-order valence-corrected chi connectivity index (χ1v) is 12.4. The minimum absolute atomic E-state index is 0.0726. The molecule has 0 heterocycles. The van der Waals surface area contributed by atoms with Crippen molar-refractivity contribution in [3.8, 4) is 17.2 Å². The van der Waals surface area contributed by atoms with Gasteiger partial charge in [-0.2, -0.15) is 0 Å².